The zero-order valence-electron chi connectivity index (χ0n) is 12.5. The van der Waals surface area contributed by atoms with Gasteiger partial charge in [0, 0.05) is 11.6 Å². The summed E-state index contributed by atoms with van der Waals surface area (Å²) in [5.41, 5.74) is 1.36. The lowest BCUT2D eigenvalue weighted by atomic mass is 10.1. The first-order chi connectivity index (χ1) is 11.0. The summed E-state index contributed by atoms with van der Waals surface area (Å²) in [5.74, 6) is -0.824. The summed E-state index contributed by atoms with van der Waals surface area (Å²) < 4.78 is 5.42. The Bertz CT molecular complexity index is 713. The largest absolute Gasteiger partial charge is 0.493 e. The van der Waals surface area contributed by atoms with E-state index < -0.39 is 5.97 Å². The second-order valence-electron chi connectivity index (χ2n) is 4.76. The summed E-state index contributed by atoms with van der Waals surface area (Å²) in [6, 6.07) is 11.2. The van der Waals surface area contributed by atoms with Gasteiger partial charge >= 0.3 is 5.97 Å². The highest BCUT2D eigenvalue weighted by Crippen LogP contribution is 2.23. The Labute approximate surface area is 138 Å². The monoisotopic (exact) mass is 333 g/mol. The van der Waals surface area contributed by atoms with Crippen molar-refractivity contribution < 1.29 is 19.4 Å². The van der Waals surface area contributed by atoms with E-state index in [1.807, 2.05) is 6.92 Å². The molecule has 0 aromatic heterocycles. The van der Waals surface area contributed by atoms with E-state index in [0.29, 0.717) is 22.9 Å². The van der Waals surface area contributed by atoms with Crippen LogP contribution in [0.1, 0.15) is 33.2 Å². The van der Waals surface area contributed by atoms with E-state index in [-0.39, 0.29) is 18.0 Å². The fraction of sp³-hybridized carbons (Fsp3) is 0.176. The normalized spacial score (nSPS) is 10.2. The molecule has 2 aromatic rings. The van der Waals surface area contributed by atoms with Crippen molar-refractivity contribution in [2.75, 3.05) is 6.61 Å². The van der Waals surface area contributed by atoms with E-state index in [1.54, 1.807) is 30.3 Å². The number of carboxylic acid groups (broad SMARTS) is 1. The molecule has 0 fully saturated rings. The Hall–Kier alpha value is -2.53. The molecule has 0 aliphatic heterocycles. The van der Waals surface area contributed by atoms with Gasteiger partial charge in [-0.25, -0.2) is 4.79 Å². The summed E-state index contributed by atoms with van der Waals surface area (Å²) in [6.45, 7) is 2.55. The van der Waals surface area contributed by atoms with Crippen molar-refractivity contribution in [2.45, 2.75) is 13.5 Å². The molecular weight excluding hydrogens is 318 g/mol. The molecule has 0 atom stereocenters. The fourth-order valence-corrected chi connectivity index (χ4v) is 2.18. The van der Waals surface area contributed by atoms with Crippen LogP contribution in [0.25, 0.3) is 0 Å². The first-order valence-electron chi connectivity index (χ1n) is 7.04. The molecule has 5 nitrogen and oxygen atoms in total. The maximum absolute atomic E-state index is 12.3. The smallest absolute Gasteiger partial charge is 0.335 e. The lowest BCUT2D eigenvalue weighted by Gasteiger charge is -2.11. The molecule has 0 saturated heterocycles. The van der Waals surface area contributed by atoms with Gasteiger partial charge in [-0.15, -0.1) is 0 Å². The summed E-state index contributed by atoms with van der Waals surface area (Å²) in [5, 5.41) is 12.1. The minimum atomic E-state index is -0.985. The van der Waals surface area contributed by atoms with E-state index in [0.717, 1.165) is 5.56 Å². The van der Waals surface area contributed by atoms with Gasteiger partial charge in [-0.3, -0.25) is 4.79 Å². The van der Waals surface area contributed by atoms with Gasteiger partial charge in [0.2, 0.25) is 0 Å². The molecule has 0 bridgehead atoms. The van der Waals surface area contributed by atoms with Crippen LogP contribution in [-0.4, -0.2) is 23.6 Å². The molecule has 0 saturated carbocycles. The van der Waals surface area contributed by atoms with Crippen molar-refractivity contribution in [3.63, 3.8) is 0 Å². The van der Waals surface area contributed by atoms with Crippen LogP contribution < -0.4 is 10.1 Å². The number of rotatable bonds is 6. The van der Waals surface area contributed by atoms with Gasteiger partial charge < -0.3 is 15.2 Å². The maximum atomic E-state index is 12.3. The Morgan fingerprint density at radius 1 is 1.17 bits per heavy atom. The van der Waals surface area contributed by atoms with E-state index in [1.165, 1.54) is 12.1 Å². The number of aromatic carboxylic acids is 1. The van der Waals surface area contributed by atoms with Crippen LogP contribution >= 0.6 is 11.6 Å². The third kappa shape index (κ3) is 4.47. The molecule has 23 heavy (non-hydrogen) atoms. The summed E-state index contributed by atoms with van der Waals surface area (Å²) in [6.07, 6.45) is 0. The van der Waals surface area contributed by atoms with Gasteiger partial charge in [0.1, 0.15) is 5.75 Å². The van der Waals surface area contributed by atoms with Crippen LogP contribution in [0.5, 0.6) is 5.75 Å². The Morgan fingerprint density at radius 3 is 2.48 bits per heavy atom. The highest BCUT2D eigenvalue weighted by atomic mass is 35.5. The number of hydrogen-bond acceptors (Lipinski definition) is 3. The quantitative estimate of drug-likeness (QED) is 0.849. The summed E-state index contributed by atoms with van der Waals surface area (Å²) >= 11 is 5.93. The second-order valence-corrected chi connectivity index (χ2v) is 5.19. The molecule has 2 N–H and O–H groups in total. The molecule has 0 radical (unpaired) electrons. The molecule has 0 heterocycles. The van der Waals surface area contributed by atoms with Crippen molar-refractivity contribution in [3.8, 4) is 5.75 Å². The molecule has 2 rings (SSSR count). The van der Waals surface area contributed by atoms with E-state index >= 15 is 0 Å². The molecular formula is C17H16ClNO4. The fourth-order valence-electron chi connectivity index (χ4n) is 2.00. The zero-order valence-corrected chi connectivity index (χ0v) is 13.3. The topological polar surface area (TPSA) is 75.6 Å². The Morgan fingerprint density at radius 2 is 1.87 bits per heavy atom. The van der Waals surface area contributed by atoms with Crippen LogP contribution in [0.4, 0.5) is 0 Å². The Balaban J connectivity index is 2.07. The van der Waals surface area contributed by atoms with Crippen molar-refractivity contribution in [2.24, 2.45) is 0 Å². The molecule has 2 aromatic carbocycles. The minimum Gasteiger partial charge on any atom is -0.493 e. The first kappa shape index (κ1) is 16.8. The van der Waals surface area contributed by atoms with E-state index in [2.05, 4.69) is 5.32 Å². The van der Waals surface area contributed by atoms with Crippen LogP contribution in [0.3, 0.4) is 0 Å². The highest BCUT2D eigenvalue weighted by molar-refractivity contribution is 6.31. The molecule has 0 aliphatic carbocycles. The second kappa shape index (κ2) is 7.65. The molecule has 6 heteroatoms. The van der Waals surface area contributed by atoms with Gasteiger partial charge in [-0.05, 0) is 42.8 Å². The maximum Gasteiger partial charge on any atom is 0.335 e. The van der Waals surface area contributed by atoms with E-state index in [4.69, 9.17) is 21.4 Å². The summed E-state index contributed by atoms with van der Waals surface area (Å²) in [4.78, 5) is 23.1. The van der Waals surface area contributed by atoms with Gasteiger partial charge in [-0.2, -0.15) is 0 Å². The predicted octanol–water partition coefficient (Wildman–Crippen LogP) is 3.37. The number of carbonyl (C=O) groups is 2. The number of halogens is 1. The Kier molecular flexibility index (Phi) is 5.60. The molecule has 1 amide bonds. The van der Waals surface area contributed by atoms with Crippen molar-refractivity contribution in [1.29, 1.82) is 0 Å². The van der Waals surface area contributed by atoms with E-state index in [9.17, 15) is 9.59 Å². The van der Waals surface area contributed by atoms with Crippen LogP contribution in [0, 0.1) is 0 Å². The lowest BCUT2D eigenvalue weighted by molar-refractivity contribution is 0.0696. The molecule has 0 aliphatic rings. The average Bonchev–Trinajstić information content (AvgIpc) is 2.54. The SMILES string of the molecule is CCOc1ccc(Cl)cc1C(=O)NCc1ccc(C(=O)O)cc1. The van der Waals surface area contributed by atoms with Crippen LogP contribution in [0.2, 0.25) is 5.02 Å². The highest BCUT2D eigenvalue weighted by Gasteiger charge is 2.13. The van der Waals surface area contributed by atoms with Gasteiger partial charge in [0.25, 0.3) is 5.91 Å². The zero-order chi connectivity index (χ0) is 16.8. The molecule has 120 valence electrons. The average molecular weight is 334 g/mol. The van der Waals surface area contributed by atoms with Crippen molar-refractivity contribution >= 4 is 23.5 Å². The molecule has 0 spiro atoms. The van der Waals surface area contributed by atoms with Crippen molar-refractivity contribution in [3.05, 3.63) is 64.2 Å². The van der Waals surface area contributed by atoms with Gasteiger partial charge in [0.15, 0.2) is 0 Å². The predicted molar refractivity (Wildman–Crippen MR) is 87.2 cm³/mol. The number of carboxylic acids is 1. The standard InChI is InChI=1S/C17H16ClNO4/c1-2-23-15-8-7-13(18)9-14(15)16(20)19-10-11-3-5-12(6-4-11)17(21)22/h3-9H,2,10H2,1H3,(H,19,20)(H,21,22). The number of hydrogen-bond donors (Lipinski definition) is 2. The minimum absolute atomic E-state index is 0.202. The van der Waals surface area contributed by atoms with Crippen molar-refractivity contribution in [1.82, 2.24) is 5.32 Å². The van der Waals surface area contributed by atoms with Gasteiger partial charge in [-0.1, -0.05) is 23.7 Å². The van der Waals surface area contributed by atoms with Crippen LogP contribution in [0.15, 0.2) is 42.5 Å². The van der Waals surface area contributed by atoms with Crippen LogP contribution in [-0.2, 0) is 6.54 Å². The number of benzene rings is 2. The number of amides is 1. The lowest BCUT2D eigenvalue weighted by Crippen LogP contribution is -2.23. The first-order valence-corrected chi connectivity index (χ1v) is 7.42. The summed E-state index contributed by atoms with van der Waals surface area (Å²) in [7, 11) is 0. The molecule has 0 unspecified atom stereocenters. The third-order valence-electron chi connectivity index (χ3n) is 3.14. The third-order valence-corrected chi connectivity index (χ3v) is 3.38. The number of ether oxygens (including phenoxy) is 1. The number of carbonyl (C=O) groups excluding carboxylic acids is 1. The van der Waals surface area contributed by atoms with Gasteiger partial charge in [0.05, 0.1) is 17.7 Å². The number of nitrogens with one attached hydrogen (secondary N) is 1.